The van der Waals surface area contributed by atoms with E-state index in [2.05, 4.69) is 4.98 Å². The largest absolute Gasteiger partial charge is 0.373 e. The van der Waals surface area contributed by atoms with Gasteiger partial charge < -0.3 is 9.64 Å². The minimum absolute atomic E-state index is 0.00378. The molecule has 1 atom stereocenters. The van der Waals surface area contributed by atoms with Crippen LogP contribution in [0.3, 0.4) is 0 Å². The normalized spacial score (nSPS) is 20.4. The first-order valence-electron chi connectivity index (χ1n) is 5.60. The van der Waals surface area contributed by atoms with Gasteiger partial charge in [0.1, 0.15) is 0 Å². The predicted octanol–water partition coefficient (Wildman–Crippen LogP) is 1.47. The average Bonchev–Trinajstić information content (AvgIpc) is 2.39. The van der Waals surface area contributed by atoms with Crippen LogP contribution in [0.25, 0.3) is 0 Å². The van der Waals surface area contributed by atoms with Crippen molar-refractivity contribution in [2.24, 2.45) is 0 Å². The van der Waals surface area contributed by atoms with Crippen LogP contribution < -0.4 is 0 Å². The summed E-state index contributed by atoms with van der Waals surface area (Å²) in [6.45, 7) is 3.60. The van der Waals surface area contributed by atoms with Gasteiger partial charge in [0, 0.05) is 25.0 Å². The maximum Gasteiger partial charge on any atom is 0.255 e. The van der Waals surface area contributed by atoms with Gasteiger partial charge in [0.15, 0.2) is 0 Å². The van der Waals surface area contributed by atoms with Crippen LogP contribution in [0.1, 0.15) is 16.1 Å². The molecule has 1 aromatic rings. The average molecular weight is 255 g/mol. The fourth-order valence-electron chi connectivity index (χ4n) is 1.77. The van der Waals surface area contributed by atoms with Crippen molar-refractivity contribution in [3.63, 3.8) is 0 Å². The second-order valence-electron chi connectivity index (χ2n) is 4.09. The zero-order valence-electron chi connectivity index (χ0n) is 9.73. The molecule has 92 valence electrons. The van der Waals surface area contributed by atoms with Crippen molar-refractivity contribution in [1.82, 2.24) is 9.88 Å². The van der Waals surface area contributed by atoms with E-state index >= 15 is 0 Å². The molecule has 5 heteroatoms. The topological polar surface area (TPSA) is 42.4 Å². The van der Waals surface area contributed by atoms with Gasteiger partial charge in [-0.25, -0.2) is 0 Å². The smallest absolute Gasteiger partial charge is 0.255 e. The Morgan fingerprint density at radius 2 is 2.47 bits per heavy atom. The van der Waals surface area contributed by atoms with Gasteiger partial charge in [0.25, 0.3) is 5.91 Å². The zero-order chi connectivity index (χ0) is 12.3. The number of hydrogen-bond acceptors (Lipinski definition) is 3. The standard InChI is InChI=1S/C12H15ClN2O2/c1-9-2-3-10(7-14-9)12(16)15-4-5-17-11(6-13)8-15/h2-3,7,11H,4-6,8H2,1H3. The summed E-state index contributed by atoms with van der Waals surface area (Å²) in [6, 6.07) is 3.64. The number of rotatable bonds is 2. The first kappa shape index (κ1) is 12.3. The third-order valence-corrected chi connectivity index (χ3v) is 3.10. The van der Waals surface area contributed by atoms with Crippen LogP contribution in [-0.2, 0) is 4.74 Å². The minimum atomic E-state index is -0.0622. The molecule has 2 rings (SSSR count). The third-order valence-electron chi connectivity index (χ3n) is 2.76. The fourth-order valence-corrected chi connectivity index (χ4v) is 1.96. The molecule has 0 N–H and O–H groups in total. The molecule has 0 bridgehead atoms. The van der Waals surface area contributed by atoms with Crippen molar-refractivity contribution < 1.29 is 9.53 Å². The molecule has 1 saturated heterocycles. The molecule has 0 aromatic carbocycles. The third kappa shape index (κ3) is 2.96. The Balaban J connectivity index is 2.06. The van der Waals surface area contributed by atoms with E-state index in [1.54, 1.807) is 17.2 Å². The lowest BCUT2D eigenvalue weighted by Crippen LogP contribution is -2.46. The molecule has 1 unspecified atom stereocenters. The van der Waals surface area contributed by atoms with Crippen molar-refractivity contribution in [2.45, 2.75) is 13.0 Å². The van der Waals surface area contributed by atoms with Gasteiger partial charge in [-0.2, -0.15) is 0 Å². The Bertz CT molecular complexity index is 394. The first-order valence-corrected chi connectivity index (χ1v) is 6.13. The number of carbonyl (C=O) groups excluding carboxylic acids is 1. The van der Waals surface area contributed by atoms with Crippen molar-refractivity contribution in [2.75, 3.05) is 25.6 Å². The van der Waals surface area contributed by atoms with E-state index in [1.807, 2.05) is 13.0 Å². The van der Waals surface area contributed by atoms with Gasteiger partial charge in [-0.15, -0.1) is 11.6 Å². The van der Waals surface area contributed by atoms with Gasteiger partial charge >= 0.3 is 0 Å². The minimum Gasteiger partial charge on any atom is -0.373 e. The highest BCUT2D eigenvalue weighted by atomic mass is 35.5. The lowest BCUT2D eigenvalue weighted by Gasteiger charge is -2.32. The lowest BCUT2D eigenvalue weighted by molar-refractivity contribution is -0.0108. The summed E-state index contributed by atoms with van der Waals surface area (Å²) < 4.78 is 5.42. The van der Waals surface area contributed by atoms with E-state index in [-0.39, 0.29) is 12.0 Å². The summed E-state index contributed by atoms with van der Waals surface area (Å²) in [4.78, 5) is 18.1. The lowest BCUT2D eigenvalue weighted by atomic mass is 10.2. The molecular formula is C12H15ClN2O2. The van der Waals surface area contributed by atoms with Crippen LogP contribution in [0.5, 0.6) is 0 Å². The fraction of sp³-hybridized carbons (Fsp3) is 0.500. The van der Waals surface area contributed by atoms with Gasteiger partial charge in [-0.3, -0.25) is 9.78 Å². The number of aryl methyl sites for hydroxylation is 1. The number of hydrogen-bond donors (Lipinski definition) is 0. The maximum absolute atomic E-state index is 12.2. The number of alkyl halides is 1. The highest BCUT2D eigenvalue weighted by molar-refractivity contribution is 6.18. The second-order valence-corrected chi connectivity index (χ2v) is 4.40. The molecule has 17 heavy (non-hydrogen) atoms. The summed E-state index contributed by atoms with van der Waals surface area (Å²) in [5, 5.41) is 0. The molecule has 1 aromatic heterocycles. The SMILES string of the molecule is Cc1ccc(C(=O)N2CCOC(CCl)C2)cn1. The number of aromatic nitrogens is 1. The van der Waals surface area contributed by atoms with Crippen molar-refractivity contribution in [3.8, 4) is 0 Å². The van der Waals surface area contributed by atoms with E-state index in [0.717, 1.165) is 5.69 Å². The van der Waals surface area contributed by atoms with Crippen LogP contribution in [0, 0.1) is 6.92 Å². The monoisotopic (exact) mass is 254 g/mol. The Kier molecular flexibility index (Phi) is 3.97. The number of amides is 1. The molecule has 0 spiro atoms. The highest BCUT2D eigenvalue weighted by Gasteiger charge is 2.24. The predicted molar refractivity (Wildman–Crippen MR) is 65.3 cm³/mol. The number of carbonyl (C=O) groups is 1. The van der Waals surface area contributed by atoms with E-state index in [9.17, 15) is 4.79 Å². The van der Waals surface area contributed by atoms with Gasteiger partial charge in [-0.05, 0) is 19.1 Å². The summed E-state index contributed by atoms with van der Waals surface area (Å²) in [6.07, 6.45) is 1.55. The molecule has 0 aliphatic carbocycles. The van der Waals surface area contributed by atoms with Crippen LogP contribution in [0.2, 0.25) is 0 Å². The highest BCUT2D eigenvalue weighted by Crippen LogP contribution is 2.11. The number of morpholine rings is 1. The molecule has 1 fully saturated rings. The molecule has 1 aliphatic heterocycles. The Morgan fingerprint density at radius 1 is 1.65 bits per heavy atom. The Labute approximate surface area is 106 Å². The number of nitrogens with zero attached hydrogens (tertiary/aromatic N) is 2. The van der Waals surface area contributed by atoms with Crippen molar-refractivity contribution in [1.29, 1.82) is 0 Å². The van der Waals surface area contributed by atoms with E-state index in [1.165, 1.54) is 0 Å². The number of halogens is 1. The van der Waals surface area contributed by atoms with Crippen LogP contribution in [-0.4, -0.2) is 47.5 Å². The summed E-state index contributed by atoms with van der Waals surface area (Å²) in [7, 11) is 0. The Morgan fingerprint density at radius 3 is 3.12 bits per heavy atom. The first-order chi connectivity index (χ1) is 8.20. The molecule has 1 amide bonds. The molecule has 0 saturated carbocycles. The van der Waals surface area contributed by atoms with Gasteiger partial charge in [-0.1, -0.05) is 0 Å². The molecule has 2 heterocycles. The van der Waals surface area contributed by atoms with Crippen LogP contribution in [0.15, 0.2) is 18.3 Å². The van der Waals surface area contributed by atoms with E-state index in [0.29, 0.717) is 31.1 Å². The molecule has 4 nitrogen and oxygen atoms in total. The van der Waals surface area contributed by atoms with Gasteiger partial charge in [0.2, 0.25) is 0 Å². The van der Waals surface area contributed by atoms with Crippen molar-refractivity contribution in [3.05, 3.63) is 29.6 Å². The quantitative estimate of drug-likeness (QED) is 0.751. The molecule has 1 aliphatic rings. The summed E-state index contributed by atoms with van der Waals surface area (Å²) in [5.74, 6) is 0.409. The van der Waals surface area contributed by atoms with E-state index in [4.69, 9.17) is 16.3 Å². The number of ether oxygens (including phenoxy) is 1. The van der Waals surface area contributed by atoms with Crippen LogP contribution in [0.4, 0.5) is 0 Å². The van der Waals surface area contributed by atoms with E-state index < -0.39 is 0 Å². The zero-order valence-corrected chi connectivity index (χ0v) is 10.5. The molecule has 0 radical (unpaired) electrons. The number of pyridine rings is 1. The maximum atomic E-state index is 12.2. The Hall–Kier alpha value is -1.13. The second kappa shape index (κ2) is 5.47. The van der Waals surface area contributed by atoms with Gasteiger partial charge in [0.05, 0.1) is 24.2 Å². The van der Waals surface area contributed by atoms with Crippen molar-refractivity contribution >= 4 is 17.5 Å². The summed E-state index contributed by atoms with van der Waals surface area (Å²) >= 11 is 5.74. The van der Waals surface area contributed by atoms with Crippen LogP contribution >= 0.6 is 11.6 Å². The summed E-state index contributed by atoms with van der Waals surface area (Å²) in [5.41, 5.74) is 1.52. The molecular weight excluding hydrogens is 240 g/mol.